The van der Waals surface area contributed by atoms with Gasteiger partial charge in [0.25, 0.3) is 0 Å². The summed E-state index contributed by atoms with van der Waals surface area (Å²) in [6, 6.07) is 0. The standard InChI is InChI=1S/C24H41NO7/c1-15(26)31-20-18(32-17(28)10-13-25(6)7)19-21(2,3)12-9-16(27)22(19,4)24(29)11-8-14-30-23(20,24)5/h16,18-20,27,29H,8-14H2,1-7H3/t16-,18-,19-,20-,22-,23+,24-/m0/s1. The molecular formula is C24H41NO7. The van der Waals surface area contributed by atoms with Crippen LogP contribution in [0.15, 0.2) is 0 Å². The zero-order chi connectivity index (χ0) is 24.1. The summed E-state index contributed by atoms with van der Waals surface area (Å²) in [7, 11) is 3.76. The van der Waals surface area contributed by atoms with Gasteiger partial charge in [0.2, 0.25) is 0 Å². The Morgan fingerprint density at radius 3 is 2.38 bits per heavy atom. The third-order valence-electron chi connectivity index (χ3n) is 8.53. The first-order valence-electron chi connectivity index (χ1n) is 11.8. The molecule has 0 aromatic heterocycles. The summed E-state index contributed by atoms with van der Waals surface area (Å²) in [6.45, 7) is 9.99. The van der Waals surface area contributed by atoms with E-state index in [1.165, 1.54) is 6.92 Å². The lowest BCUT2D eigenvalue weighted by Gasteiger charge is -2.71. The second kappa shape index (κ2) is 8.53. The van der Waals surface area contributed by atoms with E-state index in [0.29, 0.717) is 38.8 Å². The van der Waals surface area contributed by atoms with Crippen LogP contribution in [0, 0.1) is 16.7 Å². The second-order valence-electron chi connectivity index (χ2n) is 11.3. The van der Waals surface area contributed by atoms with Gasteiger partial charge in [-0.25, -0.2) is 0 Å². The third kappa shape index (κ3) is 3.77. The zero-order valence-corrected chi connectivity index (χ0v) is 20.6. The van der Waals surface area contributed by atoms with Crippen LogP contribution >= 0.6 is 0 Å². The molecule has 0 bridgehead atoms. The maximum atomic E-state index is 12.9. The van der Waals surface area contributed by atoms with E-state index >= 15 is 0 Å². The van der Waals surface area contributed by atoms with Crippen LogP contribution < -0.4 is 0 Å². The van der Waals surface area contributed by atoms with Crippen molar-refractivity contribution < 1.29 is 34.0 Å². The smallest absolute Gasteiger partial charge is 0.307 e. The average molecular weight is 456 g/mol. The Labute approximate surface area is 191 Å². The summed E-state index contributed by atoms with van der Waals surface area (Å²) < 4.78 is 18.1. The summed E-state index contributed by atoms with van der Waals surface area (Å²) in [5.41, 5.74) is -4.20. The van der Waals surface area contributed by atoms with Crippen LogP contribution in [-0.2, 0) is 23.8 Å². The van der Waals surface area contributed by atoms with Crippen molar-refractivity contribution >= 4 is 11.9 Å². The number of carbonyl (C=O) groups excluding carboxylic acids is 2. The van der Waals surface area contributed by atoms with Crippen LogP contribution in [0.1, 0.15) is 66.7 Å². The number of rotatable bonds is 5. The summed E-state index contributed by atoms with van der Waals surface area (Å²) in [5.74, 6) is -1.37. The van der Waals surface area contributed by atoms with E-state index in [4.69, 9.17) is 14.2 Å². The Morgan fingerprint density at radius 2 is 1.78 bits per heavy atom. The van der Waals surface area contributed by atoms with E-state index in [1.807, 2.05) is 25.9 Å². The number of aliphatic hydroxyl groups is 2. The highest BCUT2D eigenvalue weighted by atomic mass is 16.6. The molecular weight excluding hydrogens is 414 g/mol. The molecule has 1 heterocycles. The van der Waals surface area contributed by atoms with Crippen LogP contribution in [0.2, 0.25) is 0 Å². The fourth-order valence-electron chi connectivity index (χ4n) is 6.91. The van der Waals surface area contributed by atoms with Crippen molar-refractivity contribution in [3.05, 3.63) is 0 Å². The minimum Gasteiger partial charge on any atom is -0.458 e. The number of carbonyl (C=O) groups is 2. The molecule has 0 spiro atoms. The van der Waals surface area contributed by atoms with Crippen molar-refractivity contribution in [2.45, 2.75) is 96.2 Å². The number of esters is 2. The Kier molecular flexibility index (Phi) is 6.77. The van der Waals surface area contributed by atoms with Gasteiger partial charge in [0, 0.05) is 31.4 Å². The van der Waals surface area contributed by atoms with Gasteiger partial charge in [0.05, 0.1) is 12.5 Å². The molecule has 8 heteroatoms. The molecule has 1 aliphatic heterocycles. The van der Waals surface area contributed by atoms with Gasteiger partial charge in [-0.1, -0.05) is 20.8 Å². The molecule has 184 valence electrons. The molecule has 0 amide bonds. The van der Waals surface area contributed by atoms with Crippen LogP contribution in [0.3, 0.4) is 0 Å². The Hall–Kier alpha value is -1.22. The van der Waals surface area contributed by atoms with E-state index < -0.39 is 52.8 Å². The Bertz CT molecular complexity index is 740. The van der Waals surface area contributed by atoms with Gasteiger partial charge in [-0.15, -0.1) is 0 Å². The van der Waals surface area contributed by atoms with E-state index in [1.54, 1.807) is 6.92 Å². The number of ether oxygens (including phenoxy) is 3. The topological polar surface area (TPSA) is 106 Å². The lowest BCUT2D eigenvalue weighted by molar-refractivity contribution is -0.375. The molecule has 0 radical (unpaired) electrons. The van der Waals surface area contributed by atoms with Crippen LogP contribution in [0.5, 0.6) is 0 Å². The first-order chi connectivity index (χ1) is 14.7. The van der Waals surface area contributed by atoms with E-state index in [2.05, 4.69) is 13.8 Å². The van der Waals surface area contributed by atoms with Crippen molar-refractivity contribution in [3.63, 3.8) is 0 Å². The largest absolute Gasteiger partial charge is 0.458 e. The third-order valence-corrected chi connectivity index (χ3v) is 8.53. The lowest BCUT2D eigenvalue weighted by Crippen LogP contribution is -2.83. The van der Waals surface area contributed by atoms with Gasteiger partial charge in [0.1, 0.15) is 17.3 Å². The summed E-state index contributed by atoms with van der Waals surface area (Å²) >= 11 is 0. The van der Waals surface area contributed by atoms with Gasteiger partial charge in [0.15, 0.2) is 6.10 Å². The molecule has 2 N–H and O–H groups in total. The molecule has 0 aromatic rings. The van der Waals surface area contributed by atoms with E-state index in [0.717, 1.165) is 0 Å². The predicted octanol–water partition coefficient (Wildman–Crippen LogP) is 1.90. The molecule has 0 unspecified atom stereocenters. The molecule has 7 atom stereocenters. The minimum atomic E-state index is -1.47. The van der Waals surface area contributed by atoms with Crippen molar-refractivity contribution in [3.8, 4) is 0 Å². The van der Waals surface area contributed by atoms with Crippen LogP contribution in [0.25, 0.3) is 0 Å². The SMILES string of the molecule is CC(=O)O[C@H]1[C@@H](OC(=O)CCN(C)C)[C@H]2C(C)(C)CC[C@H](O)[C@]2(C)[C@@]2(O)CCCO[C@]12C. The van der Waals surface area contributed by atoms with Crippen molar-refractivity contribution in [1.82, 2.24) is 4.90 Å². The fraction of sp³-hybridized carbons (Fsp3) is 0.917. The first-order valence-corrected chi connectivity index (χ1v) is 11.8. The molecule has 2 aliphatic carbocycles. The quantitative estimate of drug-likeness (QED) is 0.606. The van der Waals surface area contributed by atoms with Gasteiger partial charge >= 0.3 is 11.9 Å². The van der Waals surface area contributed by atoms with E-state index in [9.17, 15) is 19.8 Å². The normalized spacial score (nSPS) is 43.2. The Morgan fingerprint density at radius 1 is 1.12 bits per heavy atom. The molecule has 3 aliphatic rings. The van der Waals surface area contributed by atoms with Crippen molar-refractivity contribution in [1.29, 1.82) is 0 Å². The van der Waals surface area contributed by atoms with Gasteiger partial charge in [-0.05, 0) is 52.1 Å². The number of nitrogens with zero attached hydrogens (tertiary/aromatic N) is 1. The van der Waals surface area contributed by atoms with Gasteiger partial charge < -0.3 is 29.3 Å². The lowest BCUT2D eigenvalue weighted by atomic mass is 9.40. The zero-order valence-electron chi connectivity index (χ0n) is 20.6. The van der Waals surface area contributed by atoms with Crippen molar-refractivity contribution in [2.75, 3.05) is 27.2 Å². The molecule has 1 saturated heterocycles. The maximum absolute atomic E-state index is 12.9. The minimum absolute atomic E-state index is 0.185. The molecule has 2 saturated carbocycles. The fourth-order valence-corrected chi connectivity index (χ4v) is 6.91. The maximum Gasteiger partial charge on any atom is 0.307 e. The number of hydrogen-bond acceptors (Lipinski definition) is 8. The summed E-state index contributed by atoms with van der Waals surface area (Å²) in [5, 5.41) is 23.6. The number of aliphatic hydroxyl groups excluding tert-OH is 1. The summed E-state index contributed by atoms with van der Waals surface area (Å²) in [6.07, 6.45) is -0.219. The highest BCUT2D eigenvalue weighted by Gasteiger charge is 2.78. The van der Waals surface area contributed by atoms with Crippen molar-refractivity contribution in [2.24, 2.45) is 16.7 Å². The average Bonchev–Trinajstić information content (AvgIpc) is 2.68. The summed E-state index contributed by atoms with van der Waals surface area (Å²) in [4.78, 5) is 27.0. The monoisotopic (exact) mass is 455 g/mol. The molecule has 3 rings (SSSR count). The first kappa shape index (κ1) is 25.4. The predicted molar refractivity (Wildman–Crippen MR) is 118 cm³/mol. The highest BCUT2D eigenvalue weighted by molar-refractivity contribution is 5.70. The van der Waals surface area contributed by atoms with Gasteiger partial charge in [-0.3, -0.25) is 9.59 Å². The number of fused-ring (bicyclic) bond motifs is 3. The van der Waals surface area contributed by atoms with Crippen LogP contribution in [0.4, 0.5) is 0 Å². The number of hydrogen-bond donors (Lipinski definition) is 2. The highest BCUT2D eigenvalue weighted by Crippen LogP contribution is 2.67. The van der Waals surface area contributed by atoms with Gasteiger partial charge in [-0.2, -0.15) is 0 Å². The molecule has 32 heavy (non-hydrogen) atoms. The van der Waals surface area contributed by atoms with E-state index in [-0.39, 0.29) is 11.8 Å². The molecule has 0 aromatic carbocycles. The second-order valence-corrected chi connectivity index (χ2v) is 11.3. The molecule has 8 nitrogen and oxygen atoms in total. The van der Waals surface area contributed by atoms with Crippen LogP contribution in [-0.4, -0.2) is 83.8 Å². The molecule has 3 fully saturated rings. The Balaban J connectivity index is 2.16.